The Balaban J connectivity index is 2.07. The number of nitrogens with one attached hydrogen (secondary N) is 2. The Morgan fingerprint density at radius 1 is 1.18 bits per heavy atom. The zero-order valence-electron chi connectivity index (χ0n) is 14.4. The van der Waals surface area contributed by atoms with Crippen LogP contribution in [0.3, 0.4) is 0 Å². The molecule has 156 valence electrons. The van der Waals surface area contributed by atoms with Crippen LogP contribution in [0.5, 0.6) is 0 Å². The lowest BCUT2D eigenvalue weighted by Crippen LogP contribution is -2.41. The molecule has 1 aliphatic rings. The number of benzene rings is 1. The van der Waals surface area contributed by atoms with E-state index in [2.05, 4.69) is 21.2 Å². The molecule has 1 aromatic carbocycles. The van der Waals surface area contributed by atoms with Crippen molar-refractivity contribution in [2.24, 2.45) is 0 Å². The highest BCUT2D eigenvalue weighted by atomic mass is 79.9. The van der Waals surface area contributed by atoms with Gasteiger partial charge in [0, 0.05) is 23.1 Å². The first-order valence-corrected chi connectivity index (χ1v) is 10.2. The second-order valence-corrected chi connectivity index (χ2v) is 8.50. The molecule has 13 heteroatoms. The van der Waals surface area contributed by atoms with Gasteiger partial charge in [0.2, 0.25) is 15.9 Å². The number of sulfonamides is 1. The second-order valence-electron chi connectivity index (χ2n) is 5.74. The molecular weight excluding hydrogens is 471 g/mol. The van der Waals surface area contributed by atoms with Gasteiger partial charge in [0.1, 0.15) is 6.54 Å². The SMILES string of the molecule is O=C(CNC(=O)c1ccc(Br)c(S(=O)(=O)N2CCOCC2)c1)NCC(F)(F)F. The molecule has 0 aliphatic carbocycles. The highest BCUT2D eigenvalue weighted by molar-refractivity contribution is 9.10. The van der Waals surface area contributed by atoms with Crippen molar-refractivity contribution in [3.05, 3.63) is 28.2 Å². The van der Waals surface area contributed by atoms with Crippen molar-refractivity contribution in [3.63, 3.8) is 0 Å². The average Bonchev–Trinajstić information content (AvgIpc) is 2.64. The van der Waals surface area contributed by atoms with Gasteiger partial charge in [-0.25, -0.2) is 8.42 Å². The molecule has 0 atom stereocenters. The van der Waals surface area contributed by atoms with Gasteiger partial charge in [0.15, 0.2) is 0 Å². The van der Waals surface area contributed by atoms with Crippen molar-refractivity contribution < 1.29 is 35.9 Å². The highest BCUT2D eigenvalue weighted by Gasteiger charge is 2.29. The molecule has 0 saturated carbocycles. The van der Waals surface area contributed by atoms with Gasteiger partial charge in [-0.3, -0.25) is 9.59 Å². The van der Waals surface area contributed by atoms with E-state index < -0.39 is 41.1 Å². The molecule has 1 fully saturated rings. The fourth-order valence-corrected chi connectivity index (χ4v) is 4.65. The fraction of sp³-hybridized carbons (Fsp3) is 0.467. The summed E-state index contributed by atoms with van der Waals surface area (Å²) >= 11 is 3.14. The number of carbonyl (C=O) groups is 2. The van der Waals surface area contributed by atoms with E-state index in [0.29, 0.717) is 0 Å². The minimum atomic E-state index is -4.56. The van der Waals surface area contributed by atoms with Crippen molar-refractivity contribution >= 4 is 37.8 Å². The van der Waals surface area contributed by atoms with E-state index in [-0.39, 0.29) is 41.2 Å². The third-order valence-electron chi connectivity index (χ3n) is 3.68. The van der Waals surface area contributed by atoms with E-state index in [0.717, 1.165) is 6.07 Å². The second kappa shape index (κ2) is 9.20. The van der Waals surface area contributed by atoms with Crippen LogP contribution in [-0.4, -0.2) is 70.1 Å². The predicted octanol–water partition coefficient (Wildman–Crippen LogP) is 0.878. The third kappa shape index (κ3) is 6.15. The molecule has 0 unspecified atom stereocenters. The van der Waals surface area contributed by atoms with Gasteiger partial charge < -0.3 is 15.4 Å². The van der Waals surface area contributed by atoms with E-state index in [4.69, 9.17) is 4.74 Å². The topological polar surface area (TPSA) is 105 Å². The molecule has 1 aromatic rings. The number of alkyl halides is 3. The normalized spacial score (nSPS) is 15.9. The average molecular weight is 488 g/mol. The van der Waals surface area contributed by atoms with Gasteiger partial charge in [-0.05, 0) is 34.1 Å². The molecule has 28 heavy (non-hydrogen) atoms. The van der Waals surface area contributed by atoms with Crippen LogP contribution in [0.4, 0.5) is 13.2 Å². The van der Waals surface area contributed by atoms with Crippen LogP contribution in [0.25, 0.3) is 0 Å². The Hall–Kier alpha value is -1.70. The van der Waals surface area contributed by atoms with Crippen LogP contribution < -0.4 is 10.6 Å². The monoisotopic (exact) mass is 487 g/mol. The molecule has 0 bridgehead atoms. The first-order valence-electron chi connectivity index (χ1n) is 8.00. The van der Waals surface area contributed by atoms with Gasteiger partial charge in [0.25, 0.3) is 5.91 Å². The summed E-state index contributed by atoms with van der Waals surface area (Å²) in [6.45, 7) is -1.35. The van der Waals surface area contributed by atoms with Gasteiger partial charge in [0.05, 0.1) is 24.7 Å². The molecule has 1 aliphatic heterocycles. The molecule has 0 spiro atoms. The summed E-state index contributed by atoms with van der Waals surface area (Å²) < 4.78 is 68.3. The minimum Gasteiger partial charge on any atom is -0.379 e. The summed E-state index contributed by atoms with van der Waals surface area (Å²) in [4.78, 5) is 23.4. The molecule has 0 radical (unpaired) electrons. The van der Waals surface area contributed by atoms with E-state index in [1.165, 1.54) is 16.4 Å². The van der Waals surface area contributed by atoms with Gasteiger partial charge >= 0.3 is 6.18 Å². The summed E-state index contributed by atoms with van der Waals surface area (Å²) in [6.07, 6.45) is -4.56. The van der Waals surface area contributed by atoms with Crippen molar-refractivity contribution in [1.29, 1.82) is 0 Å². The lowest BCUT2D eigenvalue weighted by Gasteiger charge is -2.26. The molecule has 8 nitrogen and oxygen atoms in total. The summed E-state index contributed by atoms with van der Waals surface area (Å²) in [5, 5.41) is 3.77. The van der Waals surface area contributed by atoms with Crippen LogP contribution >= 0.6 is 15.9 Å². The van der Waals surface area contributed by atoms with Crippen molar-refractivity contribution in [3.8, 4) is 0 Å². The summed E-state index contributed by atoms with van der Waals surface area (Å²) in [6, 6.07) is 3.83. The summed E-state index contributed by atoms with van der Waals surface area (Å²) in [5.41, 5.74) is -0.0568. The minimum absolute atomic E-state index is 0.0568. The molecule has 1 saturated heterocycles. The molecule has 0 aromatic heterocycles. The smallest absolute Gasteiger partial charge is 0.379 e. The quantitative estimate of drug-likeness (QED) is 0.619. The number of ether oxygens (including phenoxy) is 1. The lowest BCUT2D eigenvalue weighted by atomic mass is 10.2. The first kappa shape index (κ1) is 22.6. The van der Waals surface area contributed by atoms with Crippen LogP contribution in [0.2, 0.25) is 0 Å². The summed E-state index contributed by atoms with van der Waals surface area (Å²) in [7, 11) is -3.88. The number of hydrogen-bond acceptors (Lipinski definition) is 5. The molecular formula is C15H17BrF3N3O5S. The maximum atomic E-state index is 12.8. The van der Waals surface area contributed by atoms with Crippen LogP contribution in [0.1, 0.15) is 10.4 Å². The first-order chi connectivity index (χ1) is 13.0. The van der Waals surface area contributed by atoms with E-state index in [9.17, 15) is 31.2 Å². The number of rotatable bonds is 6. The van der Waals surface area contributed by atoms with Crippen molar-refractivity contribution in [1.82, 2.24) is 14.9 Å². The molecule has 2 amide bonds. The Kier molecular flexibility index (Phi) is 7.42. The third-order valence-corrected chi connectivity index (χ3v) is 6.57. The number of amides is 2. The Morgan fingerprint density at radius 3 is 2.43 bits per heavy atom. The Labute approximate surface area is 167 Å². The zero-order valence-corrected chi connectivity index (χ0v) is 16.8. The molecule has 1 heterocycles. The van der Waals surface area contributed by atoms with Crippen LogP contribution in [0, 0.1) is 0 Å². The van der Waals surface area contributed by atoms with Crippen molar-refractivity contribution in [2.45, 2.75) is 11.1 Å². The largest absolute Gasteiger partial charge is 0.405 e. The maximum Gasteiger partial charge on any atom is 0.405 e. The van der Waals surface area contributed by atoms with Crippen LogP contribution in [0.15, 0.2) is 27.6 Å². The number of morpholine rings is 1. The number of halogens is 4. The molecule has 2 N–H and O–H groups in total. The fourth-order valence-electron chi connectivity index (χ4n) is 2.29. The van der Waals surface area contributed by atoms with E-state index in [1.54, 1.807) is 5.32 Å². The summed E-state index contributed by atoms with van der Waals surface area (Å²) in [5.74, 6) is -1.82. The van der Waals surface area contributed by atoms with Crippen LogP contribution in [-0.2, 0) is 19.6 Å². The standard InChI is InChI=1S/C15H17BrF3N3O5S/c16-11-2-1-10(14(24)20-8-13(23)21-9-15(17,18)19)7-12(11)28(25,26)22-3-5-27-6-4-22/h1-2,7H,3-6,8-9H2,(H,20,24)(H,21,23). The number of hydrogen-bond donors (Lipinski definition) is 2. The van der Waals surface area contributed by atoms with E-state index in [1.807, 2.05) is 0 Å². The number of carbonyl (C=O) groups excluding carboxylic acids is 2. The predicted molar refractivity (Wildman–Crippen MR) is 95.1 cm³/mol. The number of nitrogens with zero attached hydrogens (tertiary/aromatic N) is 1. The maximum absolute atomic E-state index is 12.8. The Bertz CT molecular complexity index is 842. The highest BCUT2D eigenvalue weighted by Crippen LogP contribution is 2.27. The molecule has 2 rings (SSSR count). The lowest BCUT2D eigenvalue weighted by molar-refractivity contribution is -0.137. The zero-order chi connectivity index (χ0) is 20.9. The van der Waals surface area contributed by atoms with E-state index >= 15 is 0 Å². The van der Waals surface area contributed by atoms with Crippen molar-refractivity contribution in [2.75, 3.05) is 39.4 Å². The Morgan fingerprint density at radius 2 is 1.82 bits per heavy atom. The van der Waals surface area contributed by atoms with Gasteiger partial charge in [-0.2, -0.15) is 17.5 Å². The van der Waals surface area contributed by atoms with Gasteiger partial charge in [-0.15, -0.1) is 0 Å². The van der Waals surface area contributed by atoms with Gasteiger partial charge in [-0.1, -0.05) is 0 Å².